The van der Waals surface area contributed by atoms with Crippen LogP contribution in [0.15, 0.2) is 24.3 Å². The molecule has 0 amide bonds. The zero-order valence-electron chi connectivity index (χ0n) is 14.3. The van der Waals surface area contributed by atoms with E-state index in [9.17, 15) is 0 Å². The normalized spacial score (nSPS) is 21.5. The molecule has 22 heavy (non-hydrogen) atoms. The summed E-state index contributed by atoms with van der Waals surface area (Å²) in [5.41, 5.74) is 7.73. The molecule has 0 aliphatic carbocycles. The number of hydrogen-bond acceptors (Lipinski definition) is 3. The number of halogens is 1. The SMILES string of the molecule is CC(C)COc1cccc(CN2CCC(N)C(C)(C)C2)c1.Cl. The van der Waals surface area contributed by atoms with Gasteiger partial charge in [-0.05, 0) is 35.4 Å². The summed E-state index contributed by atoms with van der Waals surface area (Å²) in [6, 6.07) is 8.80. The summed E-state index contributed by atoms with van der Waals surface area (Å²) in [6.45, 7) is 12.8. The molecule has 2 N–H and O–H groups in total. The standard InChI is InChI=1S/C18H30N2O.ClH/c1-14(2)12-21-16-7-5-6-15(10-16)11-20-9-8-17(19)18(3,4)13-20;/h5-7,10,14,17H,8-9,11-13,19H2,1-4H3;1H. The van der Waals surface area contributed by atoms with Gasteiger partial charge in [-0.15, -0.1) is 12.4 Å². The monoisotopic (exact) mass is 326 g/mol. The van der Waals surface area contributed by atoms with Crippen LogP contribution in [0.2, 0.25) is 0 Å². The van der Waals surface area contributed by atoms with Gasteiger partial charge in [-0.3, -0.25) is 4.90 Å². The van der Waals surface area contributed by atoms with Gasteiger partial charge < -0.3 is 10.5 Å². The average Bonchev–Trinajstić information content (AvgIpc) is 2.41. The molecule has 1 aliphatic heterocycles. The Kier molecular flexibility index (Phi) is 7.17. The maximum Gasteiger partial charge on any atom is 0.119 e. The van der Waals surface area contributed by atoms with Crippen molar-refractivity contribution in [3.8, 4) is 5.75 Å². The van der Waals surface area contributed by atoms with Crippen molar-refractivity contribution in [3.05, 3.63) is 29.8 Å². The van der Waals surface area contributed by atoms with Crippen molar-refractivity contribution in [2.75, 3.05) is 19.7 Å². The number of piperidine rings is 1. The van der Waals surface area contributed by atoms with Crippen LogP contribution in [0, 0.1) is 11.3 Å². The van der Waals surface area contributed by atoms with Gasteiger partial charge in [0.15, 0.2) is 0 Å². The van der Waals surface area contributed by atoms with Crippen LogP contribution in [0.25, 0.3) is 0 Å². The number of hydrogen-bond donors (Lipinski definition) is 1. The molecule has 0 aromatic heterocycles. The molecule has 1 aromatic rings. The average molecular weight is 327 g/mol. The maximum absolute atomic E-state index is 6.21. The molecule has 1 heterocycles. The first-order valence-electron chi connectivity index (χ1n) is 8.06. The molecular weight excluding hydrogens is 296 g/mol. The van der Waals surface area contributed by atoms with Crippen LogP contribution in [0.5, 0.6) is 5.75 Å². The largest absolute Gasteiger partial charge is 0.493 e. The molecule has 1 saturated heterocycles. The van der Waals surface area contributed by atoms with E-state index in [2.05, 4.69) is 50.8 Å². The van der Waals surface area contributed by atoms with Gasteiger partial charge in [-0.1, -0.05) is 39.8 Å². The number of nitrogens with two attached hydrogens (primary N) is 1. The highest BCUT2D eigenvalue weighted by molar-refractivity contribution is 5.85. The van der Waals surface area contributed by atoms with E-state index >= 15 is 0 Å². The van der Waals surface area contributed by atoms with Crippen LogP contribution in [0.4, 0.5) is 0 Å². The minimum atomic E-state index is 0. The minimum absolute atomic E-state index is 0. The minimum Gasteiger partial charge on any atom is -0.493 e. The van der Waals surface area contributed by atoms with Gasteiger partial charge in [-0.25, -0.2) is 0 Å². The second-order valence-corrected chi connectivity index (χ2v) is 7.45. The molecule has 0 spiro atoms. The topological polar surface area (TPSA) is 38.5 Å². The summed E-state index contributed by atoms with van der Waals surface area (Å²) in [7, 11) is 0. The first kappa shape index (κ1) is 19.3. The van der Waals surface area contributed by atoms with Crippen LogP contribution < -0.4 is 10.5 Å². The first-order valence-corrected chi connectivity index (χ1v) is 8.06. The summed E-state index contributed by atoms with van der Waals surface area (Å²) < 4.78 is 5.82. The summed E-state index contributed by atoms with van der Waals surface area (Å²) in [5, 5.41) is 0. The number of likely N-dealkylation sites (tertiary alicyclic amines) is 1. The van der Waals surface area contributed by atoms with Crippen LogP contribution in [0.1, 0.15) is 39.7 Å². The van der Waals surface area contributed by atoms with Crippen molar-refractivity contribution >= 4 is 12.4 Å². The van der Waals surface area contributed by atoms with E-state index in [1.807, 2.05) is 6.07 Å². The quantitative estimate of drug-likeness (QED) is 0.896. The molecule has 1 atom stereocenters. The second kappa shape index (κ2) is 8.19. The Morgan fingerprint density at radius 1 is 1.36 bits per heavy atom. The maximum atomic E-state index is 6.21. The van der Waals surface area contributed by atoms with Gasteiger partial charge in [0.2, 0.25) is 0 Å². The second-order valence-electron chi connectivity index (χ2n) is 7.45. The van der Waals surface area contributed by atoms with Crippen molar-refractivity contribution in [2.24, 2.45) is 17.1 Å². The third-order valence-corrected chi connectivity index (χ3v) is 4.28. The molecule has 2 rings (SSSR count). The Balaban J connectivity index is 0.00000242. The Bertz CT molecular complexity index is 462. The lowest BCUT2D eigenvalue weighted by Crippen LogP contribution is -2.52. The van der Waals surface area contributed by atoms with Crippen molar-refractivity contribution in [1.29, 1.82) is 0 Å². The first-order chi connectivity index (χ1) is 9.87. The van der Waals surface area contributed by atoms with Crippen molar-refractivity contribution in [1.82, 2.24) is 4.90 Å². The third-order valence-electron chi connectivity index (χ3n) is 4.28. The molecular formula is C18H31ClN2O. The predicted octanol–water partition coefficient (Wildman–Crippen LogP) is 3.70. The zero-order valence-corrected chi connectivity index (χ0v) is 15.2. The predicted molar refractivity (Wildman–Crippen MR) is 95.7 cm³/mol. The van der Waals surface area contributed by atoms with Crippen molar-refractivity contribution in [3.63, 3.8) is 0 Å². The fourth-order valence-corrected chi connectivity index (χ4v) is 2.87. The van der Waals surface area contributed by atoms with Gasteiger partial charge in [0.25, 0.3) is 0 Å². The van der Waals surface area contributed by atoms with Crippen molar-refractivity contribution < 1.29 is 4.74 Å². The zero-order chi connectivity index (χ0) is 15.5. The Morgan fingerprint density at radius 3 is 2.73 bits per heavy atom. The molecule has 4 heteroatoms. The van der Waals surface area contributed by atoms with E-state index in [4.69, 9.17) is 10.5 Å². The van der Waals surface area contributed by atoms with Crippen LogP contribution >= 0.6 is 12.4 Å². The fourth-order valence-electron chi connectivity index (χ4n) is 2.87. The molecule has 3 nitrogen and oxygen atoms in total. The number of ether oxygens (including phenoxy) is 1. The molecule has 0 bridgehead atoms. The number of nitrogens with zero attached hydrogens (tertiary/aromatic N) is 1. The highest BCUT2D eigenvalue weighted by atomic mass is 35.5. The van der Waals surface area contributed by atoms with Gasteiger partial charge >= 0.3 is 0 Å². The molecule has 1 fully saturated rings. The summed E-state index contributed by atoms with van der Waals surface area (Å²) in [4.78, 5) is 2.50. The number of benzene rings is 1. The van der Waals surface area contributed by atoms with Crippen molar-refractivity contribution in [2.45, 2.75) is 46.7 Å². The van der Waals surface area contributed by atoms with E-state index in [0.29, 0.717) is 12.0 Å². The van der Waals surface area contributed by atoms with E-state index in [0.717, 1.165) is 38.4 Å². The molecule has 0 saturated carbocycles. The molecule has 0 radical (unpaired) electrons. The van der Waals surface area contributed by atoms with E-state index < -0.39 is 0 Å². The van der Waals surface area contributed by atoms with Gasteiger partial charge in [-0.2, -0.15) is 0 Å². The smallest absolute Gasteiger partial charge is 0.119 e. The van der Waals surface area contributed by atoms with E-state index in [1.165, 1.54) is 5.56 Å². The van der Waals surface area contributed by atoms with Gasteiger partial charge in [0, 0.05) is 25.7 Å². The van der Waals surface area contributed by atoms with Crippen LogP contribution in [-0.4, -0.2) is 30.6 Å². The Morgan fingerprint density at radius 2 is 2.09 bits per heavy atom. The molecule has 1 aliphatic rings. The Labute approximate surface area is 141 Å². The Hall–Kier alpha value is -0.770. The van der Waals surface area contributed by atoms with Crippen LogP contribution in [0.3, 0.4) is 0 Å². The lowest BCUT2D eigenvalue weighted by atomic mass is 9.79. The fraction of sp³-hybridized carbons (Fsp3) is 0.667. The number of rotatable bonds is 5. The molecule has 1 unspecified atom stereocenters. The lowest BCUT2D eigenvalue weighted by Gasteiger charge is -2.42. The van der Waals surface area contributed by atoms with Gasteiger partial charge in [0.05, 0.1) is 6.61 Å². The summed E-state index contributed by atoms with van der Waals surface area (Å²) in [6.07, 6.45) is 1.08. The molecule has 126 valence electrons. The highest BCUT2D eigenvalue weighted by Gasteiger charge is 2.33. The highest BCUT2D eigenvalue weighted by Crippen LogP contribution is 2.29. The van der Waals surface area contributed by atoms with Gasteiger partial charge in [0.1, 0.15) is 5.75 Å². The van der Waals surface area contributed by atoms with E-state index in [-0.39, 0.29) is 17.8 Å². The molecule has 1 aromatic carbocycles. The summed E-state index contributed by atoms with van der Waals surface area (Å²) >= 11 is 0. The summed E-state index contributed by atoms with van der Waals surface area (Å²) in [5.74, 6) is 1.53. The van der Waals surface area contributed by atoms with E-state index in [1.54, 1.807) is 0 Å². The third kappa shape index (κ3) is 5.45. The lowest BCUT2D eigenvalue weighted by molar-refractivity contribution is 0.0898. The van der Waals surface area contributed by atoms with Crippen LogP contribution in [-0.2, 0) is 6.54 Å².